The fourth-order valence-electron chi connectivity index (χ4n) is 1.60. The van der Waals surface area contributed by atoms with Crippen LogP contribution in [0.5, 0.6) is 0 Å². The molecule has 1 aromatic carbocycles. The van der Waals surface area contributed by atoms with Crippen molar-refractivity contribution in [1.29, 1.82) is 0 Å². The van der Waals surface area contributed by atoms with Gasteiger partial charge in [-0.3, -0.25) is 9.59 Å². The van der Waals surface area contributed by atoms with E-state index in [1.807, 2.05) is 30.3 Å². The largest absolute Gasteiger partial charge is 0.481 e. The molecule has 0 saturated carbocycles. The SMILES string of the molecule is CC(CNC(=O)c1cnc(Nc2ccccc2)nc1)C(=O)O. The van der Waals surface area contributed by atoms with Crippen molar-refractivity contribution in [3.05, 3.63) is 48.3 Å². The van der Waals surface area contributed by atoms with Crippen LogP contribution in [-0.4, -0.2) is 33.5 Å². The number of carbonyl (C=O) groups excluding carboxylic acids is 1. The third-order valence-corrected chi connectivity index (χ3v) is 2.93. The lowest BCUT2D eigenvalue weighted by molar-refractivity contribution is -0.140. The van der Waals surface area contributed by atoms with Crippen LogP contribution in [0.3, 0.4) is 0 Å². The third-order valence-electron chi connectivity index (χ3n) is 2.93. The summed E-state index contributed by atoms with van der Waals surface area (Å²) in [7, 11) is 0. The predicted molar refractivity (Wildman–Crippen MR) is 80.9 cm³/mol. The number of amides is 1. The van der Waals surface area contributed by atoms with E-state index in [0.29, 0.717) is 5.95 Å². The number of anilines is 2. The van der Waals surface area contributed by atoms with Gasteiger partial charge in [-0.2, -0.15) is 0 Å². The molecule has 2 aromatic rings. The molecule has 2 rings (SSSR count). The number of aliphatic carboxylic acids is 1. The number of nitrogens with one attached hydrogen (secondary N) is 2. The summed E-state index contributed by atoms with van der Waals surface area (Å²) in [6.45, 7) is 1.57. The molecule has 7 heteroatoms. The Morgan fingerprint density at radius 3 is 2.41 bits per heavy atom. The number of rotatable bonds is 6. The van der Waals surface area contributed by atoms with Gasteiger partial charge in [0.25, 0.3) is 5.91 Å². The van der Waals surface area contributed by atoms with E-state index < -0.39 is 17.8 Å². The number of carboxylic acids is 1. The van der Waals surface area contributed by atoms with Crippen molar-refractivity contribution in [3.8, 4) is 0 Å². The van der Waals surface area contributed by atoms with Crippen molar-refractivity contribution in [1.82, 2.24) is 15.3 Å². The highest BCUT2D eigenvalue weighted by Gasteiger charge is 2.13. The normalized spacial score (nSPS) is 11.5. The number of para-hydroxylation sites is 1. The molecule has 7 nitrogen and oxygen atoms in total. The maximum absolute atomic E-state index is 11.8. The van der Waals surface area contributed by atoms with Gasteiger partial charge in [0.1, 0.15) is 0 Å². The van der Waals surface area contributed by atoms with Gasteiger partial charge in [-0.25, -0.2) is 9.97 Å². The van der Waals surface area contributed by atoms with Gasteiger partial charge in [-0.1, -0.05) is 25.1 Å². The van der Waals surface area contributed by atoms with Crippen LogP contribution in [0.2, 0.25) is 0 Å². The van der Waals surface area contributed by atoms with Crippen molar-refractivity contribution in [2.45, 2.75) is 6.92 Å². The minimum atomic E-state index is -0.959. The van der Waals surface area contributed by atoms with Crippen LogP contribution in [0.25, 0.3) is 0 Å². The number of nitrogens with zero attached hydrogens (tertiary/aromatic N) is 2. The second-order valence-electron chi connectivity index (χ2n) is 4.74. The first-order chi connectivity index (χ1) is 10.6. The molecule has 0 saturated heterocycles. The number of aromatic nitrogens is 2. The smallest absolute Gasteiger partial charge is 0.308 e. The van der Waals surface area contributed by atoms with E-state index >= 15 is 0 Å². The summed E-state index contributed by atoms with van der Waals surface area (Å²) in [5.74, 6) is -1.64. The zero-order chi connectivity index (χ0) is 15.9. The Hall–Kier alpha value is -2.96. The van der Waals surface area contributed by atoms with E-state index in [1.165, 1.54) is 19.3 Å². The quantitative estimate of drug-likeness (QED) is 0.749. The Labute approximate surface area is 127 Å². The first-order valence-corrected chi connectivity index (χ1v) is 6.71. The Morgan fingerprint density at radius 2 is 1.82 bits per heavy atom. The molecule has 22 heavy (non-hydrogen) atoms. The molecule has 0 fully saturated rings. The molecule has 3 N–H and O–H groups in total. The average Bonchev–Trinajstić information content (AvgIpc) is 2.54. The summed E-state index contributed by atoms with van der Waals surface area (Å²) >= 11 is 0. The maximum Gasteiger partial charge on any atom is 0.308 e. The van der Waals surface area contributed by atoms with E-state index in [2.05, 4.69) is 20.6 Å². The average molecular weight is 300 g/mol. The molecule has 1 heterocycles. The van der Waals surface area contributed by atoms with Crippen molar-refractivity contribution in [2.24, 2.45) is 5.92 Å². The fraction of sp³-hybridized carbons (Fsp3) is 0.200. The Morgan fingerprint density at radius 1 is 1.18 bits per heavy atom. The topological polar surface area (TPSA) is 104 Å². The van der Waals surface area contributed by atoms with Crippen LogP contribution >= 0.6 is 0 Å². The van der Waals surface area contributed by atoms with Gasteiger partial charge in [0.2, 0.25) is 5.95 Å². The minimum Gasteiger partial charge on any atom is -0.481 e. The molecule has 114 valence electrons. The lowest BCUT2D eigenvalue weighted by Gasteiger charge is -2.08. The fourth-order valence-corrected chi connectivity index (χ4v) is 1.60. The van der Waals surface area contributed by atoms with E-state index in [0.717, 1.165) is 5.69 Å². The summed E-state index contributed by atoms with van der Waals surface area (Å²) in [5.41, 5.74) is 1.12. The van der Waals surface area contributed by atoms with Gasteiger partial charge < -0.3 is 15.7 Å². The molecule has 0 bridgehead atoms. The minimum absolute atomic E-state index is 0.0538. The number of carboxylic acid groups (broad SMARTS) is 1. The van der Waals surface area contributed by atoms with Gasteiger partial charge >= 0.3 is 5.97 Å². The first kappa shape index (κ1) is 15.4. The van der Waals surface area contributed by atoms with Gasteiger partial charge in [-0.15, -0.1) is 0 Å². The summed E-state index contributed by atoms with van der Waals surface area (Å²) in [6, 6.07) is 9.41. The second kappa shape index (κ2) is 7.16. The molecule has 0 radical (unpaired) electrons. The van der Waals surface area contributed by atoms with Crippen LogP contribution in [0.1, 0.15) is 17.3 Å². The zero-order valence-electron chi connectivity index (χ0n) is 12.0. The highest BCUT2D eigenvalue weighted by Crippen LogP contribution is 2.11. The Bertz CT molecular complexity index is 644. The van der Waals surface area contributed by atoms with E-state index in [4.69, 9.17) is 5.11 Å². The van der Waals surface area contributed by atoms with Gasteiger partial charge in [0.15, 0.2) is 0 Å². The number of hydrogen-bond donors (Lipinski definition) is 3. The van der Waals surface area contributed by atoms with Crippen LogP contribution in [-0.2, 0) is 4.79 Å². The van der Waals surface area contributed by atoms with Gasteiger partial charge in [0, 0.05) is 24.6 Å². The van der Waals surface area contributed by atoms with Crippen LogP contribution in [0.15, 0.2) is 42.7 Å². The van der Waals surface area contributed by atoms with Gasteiger partial charge in [-0.05, 0) is 12.1 Å². The van der Waals surface area contributed by atoms with Crippen LogP contribution < -0.4 is 10.6 Å². The van der Waals surface area contributed by atoms with Crippen molar-refractivity contribution >= 4 is 23.5 Å². The predicted octanol–water partition coefficient (Wildman–Crippen LogP) is 1.67. The third kappa shape index (κ3) is 4.27. The number of carbonyl (C=O) groups is 2. The van der Waals surface area contributed by atoms with Crippen molar-refractivity contribution in [3.63, 3.8) is 0 Å². The molecule has 0 aliphatic heterocycles. The summed E-state index contributed by atoms with van der Waals surface area (Å²) in [6.07, 6.45) is 2.78. The standard InChI is InChI=1S/C15H16N4O3/c1-10(14(21)22)7-16-13(20)11-8-17-15(18-9-11)19-12-5-3-2-4-6-12/h2-6,8-10H,7H2,1H3,(H,16,20)(H,21,22)(H,17,18,19). The first-order valence-electron chi connectivity index (χ1n) is 6.71. The van der Waals surface area contributed by atoms with Gasteiger partial charge in [0.05, 0.1) is 11.5 Å². The monoisotopic (exact) mass is 300 g/mol. The molecule has 0 aliphatic rings. The van der Waals surface area contributed by atoms with E-state index in [-0.39, 0.29) is 12.1 Å². The molecule has 1 unspecified atom stereocenters. The molecule has 0 spiro atoms. The van der Waals surface area contributed by atoms with Crippen LogP contribution in [0.4, 0.5) is 11.6 Å². The summed E-state index contributed by atoms with van der Waals surface area (Å²) in [5, 5.41) is 14.3. The highest BCUT2D eigenvalue weighted by atomic mass is 16.4. The molecular formula is C15H16N4O3. The molecule has 0 aliphatic carbocycles. The Kier molecular flexibility index (Phi) is 5.02. The Balaban J connectivity index is 1.94. The lowest BCUT2D eigenvalue weighted by Crippen LogP contribution is -2.31. The molecular weight excluding hydrogens is 284 g/mol. The number of hydrogen-bond acceptors (Lipinski definition) is 5. The van der Waals surface area contributed by atoms with E-state index in [9.17, 15) is 9.59 Å². The van der Waals surface area contributed by atoms with E-state index in [1.54, 1.807) is 0 Å². The molecule has 1 amide bonds. The second-order valence-corrected chi connectivity index (χ2v) is 4.74. The number of benzene rings is 1. The lowest BCUT2D eigenvalue weighted by atomic mass is 10.2. The zero-order valence-corrected chi connectivity index (χ0v) is 12.0. The summed E-state index contributed by atoms with van der Waals surface area (Å²) in [4.78, 5) is 30.6. The van der Waals surface area contributed by atoms with Crippen LogP contribution in [0, 0.1) is 5.92 Å². The van der Waals surface area contributed by atoms with Crippen molar-refractivity contribution < 1.29 is 14.7 Å². The molecule has 1 atom stereocenters. The maximum atomic E-state index is 11.8. The van der Waals surface area contributed by atoms with Crippen molar-refractivity contribution in [2.75, 3.05) is 11.9 Å². The summed E-state index contributed by atoms with van der Waals surface area (Å²) < 4.78 is 0. The highest BCUT2D eigenvalue weighted by molar-refractivity contribution is 5.93. The molecule has 1 aromatic heterocycles.